The first kappa shape index (κ1) is 16.4. The molecule has 0 fully saturated rings. The van der Waals surface area contributed by atoms with Crippen molar-refractivity contribution in [2.45, 2.75) is 12.3 Å². The summed E-state index contributed by atoms with van der Waals surface area (Å²) in [5, 5.41) is 3.76. The highest BCUT2D eigenvalue weighted by atomic mass is 32.2. The van der Waals surface area contributed by atoms with Crippen molar-refractivity contribution in [3.63, 3.8) is 0 Å². The summed E-state index contributed by atoms with van der Waals surface area (Å²) in [4.78, 5) is 16.7. The van der Waals surface area contributed by atoms with Crippen LogP contribution in [0, 0.1) is 5.82 Å². The van der Waals surface area contributed by atoms with Crippen LogP contribution in [0.3, 0.4) is 0 Å². The van der Waals surface area contributed by atoms with Gasteiger partial charge in [0.15, 0.2) is 0 Å². The number of carbonyl (C=O) groups is 1. The minimum Gasteiger partial charge on any atom is -0.337 e. The van der Waals surface area contributed by atoms with Crippen molar-refractivity contribution in [2.75, 3.05) is 0 Å². The van der Waals surface area contributed by atoms with Crippen molar-refractivity contribution < 1.29 is 22.1 Å². The van der Waals surface area contributed by atoms with Gasteiger partial charge in [-0.3, -0.25) is 4.79 Å². The maximum Gasteiger partial charge on any atom is 0.268 e. The molecule has 0 saturated heterocycles. The second-order valence-electron chi connectivity index (χ2n) is 5.74. The maximum atomic E-state index is 13.0. The number of sulfonamides is 1. The second kappa shape index (κ2) is 6.03. The number of nitrogens with zero attached hydrogens (tertiary/aromatic N) is 3. The van der Waals surface area contributed by atoms with E-state index in [9.17, 15) is 17.6 Å². The fourth-order valence-electron chi connectivity index (χ4n) is 2.72. The van der Waals surface area contributed by atoms with Crippen molar-refractivity contribution in [3.05, 3.63) is 71.4 Å². The van der Waals surface area contributed by atoms with Crippen molar-refractivity contribution >= 4 is 15.9 Å². The predicted molar refractivity (Wildman–Crippen MR) is 88.6 cm³/mol. The van der Waals surface area contributed by atoms with Gasteiger partial charge in [-0.25, -0.2) is 17.1 Å². The molecule has 0 saturated carbocycles. The minimum atomic E-state index is -3.84. The molecule has 0 radical (unpaired) electrons. The number of rotatable bonds is 3. The third kappa shape index (κ3) is 2.86. The van der Waals surface area contributed by atoms with E-state index in [2.05, 4.69) is 10.1 Å². The molecule has 1 amide bonds. The lowest BCUT2D eigenvalue weighted by Gasteiger charge is -2.26. The molecular formula is C17H12FN3O4S. The first-order chi connectivity index (χ1) is 12.4. The molecule has 0 unspecified atom stereocenters. The molecule has 0 aliphatic carbocycles. The van der Waals surface area contributed by atoms with Crippen LogP contribution in [-0.2, 0) is 22.3 Å². The fourth-order valence-corrected chi connectivity index (χ4v) is 4.18. The monoisotopic (exact) mass is 373 g/mol. The van der Waals surface area contributed by atoms with E-state index < -0.39 is 21.7 Å². The van der Waals surface area contributed by atoms with Gasteiger partial charge in [0.1, 0.15) is 12.4 Å². The van der Waals surface area contributed by atoms with Gasteiger partial charge >= 0.3 is 0 Å². The molecule has 132 valence electrons. The number of carbonyl (C=O) groups excluding carboxylic acids is 1. The Balaban J connectivity index is 1.63. The average Bonchev–Trinajstić information content (AvgIpc) is 3.08. The Kier molecular flexibility index (Phi) is 3.80. The first-order valence-electron chi connectivity index (χ1n) is 7.65. The van der Waals surface area contributed by atoms with E-state index in [-0.39, 0.29) is 24.0 Å². The first-order valence-corrected chi connectivity index (χ1v) is 9.26. The van der Waals surface area contributed by atoms with Gasteiger partial charge in [0, 0.05) is 11.1 Å². The van der Waals surface area contributed by atoms with E-state index in [1.807, 2.05) is 0 Å². The lowest BCUT2D eigenvalue weighted by Crippen LogP contribution is -2.41. The van der Waals surface area contributed by atoms with Gasteiger partial charge in [-0.05, 0) is 35.9 Å². The topological polar surface area (TPSA) is 93.4 Å². The maximum absolute atomic E-state index is 13.0. The van der Waals surface area contributed by atoms with E-state index in [1.165, 1.54) is 24.3 Å². The average molecular weight is 373 g/mol. The Morgan fingerprint density at radius 3 is 2.62 bits per heavy atom. The Morgan fingerprint density at radius 1 is 1.12 bits per heavy atom. The zero-order valence-corrected chi connectivity index (χ0v) is 14.1. The van der Waals surface area contributed by atoms with Gasteiger partial charge in [0.25, 0.3) is 5.91 Å². The van der Waals surface area contributed by atoms with Gasteiger partial charge in [0.2, 0.25) is 21.7 Å². The molecule has 0 atom stereocenters. The Morgan fingerprint density at radius 2 is 1.85 bits per heavy atom. The highest BCUT2D eigenvalue weighted by Crippen LogP contribution is 2.26. The van der Waals surface area contributed by atoms with Crippen LogP contribution in [0.15, 0.2) is 53.1 Å². The molecule has 7 nitrogen and oxygen atoms in total. The Labute approximate surface area is 148 Å². The third-order valence-corrected chi connectivity index (χ3v) is 5.64. The quantitative estimate of drug-likeness (QED) is 0.700. The molecule has 2 heterocycles. The summed E-state index contributed by atoms with van der Waals surface area (Å²) in [5.74, 6) is -1.15. The van der Waals surface area contributed by atoms with E-state index in [0.29, 0.717) is 16.7 Å². The van der Waals surface area contributed by atoms with Gasteiger partial charge < -0.3 is 4.52 Å². The molecule has 4 rings (SSSR count). The van der Waals surface area contributed by atoms with Crippen LogP contribution in [0.5, 0.6) is 0 Å². The zero-order valence-electron chi connectivity index (χ0n) is 13.3. The number of halogens is 1. The van der Waals surface area contributed by atoms with Crippen LogP contribution in [0.1, 0.15) is 21.8 Å². The summed E-state index contributed by atoms with van der Waals surface area (Å²) in [6.07, 6.45) is 0. The van der Waals surface area contributed by atoms with Crippen LogP contribution in [-0.4, -0.2) is 28.8 Å². The number of aromatic nitrogens is 2. The standard InChI is InChI=1S/C17H12FN3O4S/c18-13-7-5-11(6-8-13)16-19-15(25-20-16)9-21-17(22)14-4-2-1-3-12(14)10-26(21,23)24/h1-8H,9-10H2. The largest absolute Gasteiger partial charge is 0.337 e. The van der Waals surface area contributed by atoms with E-state index in [1.54, 1.807) is 24.3 Å². The summed E-state index contributed by atoms with van der Waals surface area (Å²) in [7, 11) is -3.84. The van der Waals surface area contributed by atoms with E-state index in [0.717, 1.165) is 4.31 Å². The van der Waals surface area contributed by atoms with Crippen LogP contribution in [0.4, 0.5) is 4.39 Å². The molecular weight excluding hydrogens is 361 g/mol. The van der Waals surface area contributed by atoms with Crippen molar-refractivity contribution in [2.24, 2.45) is 0 Å². The number of hydrogen-bond donors (Lipinski definition) is 0. The SMILES string of the molecule is O=C1c2ccccc2CS(=O)(=O)N1Cc1nc(-c2ccc(F)cc2)no1. The number of benzene rings is 2. The van der Waals surface area contributed by atoms with Crippen LogP contribution in [0.2, 0.25) is 0 Å². The highest BCUT2D eigenvalue weighted by molar-refractivity contribution is 7.89. The number of amides is 1. The summed E-state index contributed by atoms with van der Waals surface area (Å²) in [6.45, 7) is -0.357. The predicted octanol–water partition coefficient (Wildman–Crippen LogP) is 2.36. The molecule has 9 heteroatoms. The summed E-state index contributed by atoms with van der Waals surface area (Å²) in [5.41, 5.74) is 1.31. The van der Waals surface area contributed by atoms with Gasteiger partial charge in [-0.15, -0.1) is 0 Å². The molecule has 1 aromatic heterocycles. The molecule has 3 aromatic rings. The molecule has 0 bridgehead atoms. The molecule has 2 aromatic carbocycles. The Bertz CT molecular complexity index is 1090. The van der Waals surface area contributed by atoms with Crippen molar-refractivity contribution in [1.29, 1.82) is 0 Å². The lowest BCUT2D eigenvalue weighted by molar-refractivity contribution is 0.0838. The highest BCUT2D eigenvalue weighted by Gasteiger charge is 2.36. The molecule has 1 aliphatic heterocycles. The molecule has 26 heavy (non-hydrogen) atoms. The smallest absolute Gasteiger partial charge is 0.268 e. The van der Waals surface area contributed by atoms with E-state index >= 15 is 0 Å². The van der Waals surface area contributed by atoms with Gasteiger partial charge in [0.05, 0.1) is 5.75 Å². The molecule has 1 aliphatic rings. The van der Waals surface area contributed by atoms with Crippen molar-refractivity contribution in [3.8, 4) is 11.4 Å². The fraction of sp³-hybridized carbons (Fsp3) is 0.118. The Hall–Kier alpha value is -3.07. The van der Waals surface area contributed by atoms with E-state index in [4.69, 9.17) is 4.52 Å². The number of fused-ring (bicyclic) bond motifs is 1. The van der Waals surface area contributed by atoms with Crippen molar-refractivity contribution in [1.82, 2.24) is 14.4 Å². The zero-order chi connectivity index (χ0) is 18.3. The minimum absolute atomic E-state index is 0.0272. The van der Waals surface area contributed by atoms with Crippen LogP contribution < -0.4 is 0 Å². The second-order valence-corrected chi connectivity index (χ2v) is 7.64. The molecule has 0 N–H and O–H groups in total. The van der Waals surface area contributed by atoms with Crippen LogP contribution in [0.25, 0.3) is 11.4 Å². The summed E-state index contributed by atoms with van der Waals surface area (Å²) >= 11 is 0. The van der Waals surface area contributed by atoms with Crippen LogP contribution >= 0.6 is 0 Å². The van der Waals surface area contributed by atoms with Gasteiger partial charge in [-0.2, -0.15) is 4.98 Å². The lowest BCUT2D eigenvalue weighted by atomic mass is 10.1. The normalized spacial score (nSPS) is 15.7. The number of hydrogen-bond acceptors (Lipinski definition) is 6. The molecule has 0 spiro atoms. The van der Waals surface area contributed by atoms with Gasteiger partial charge in [-0.1, -0.05) is 23.4 Å². The third-order valence-electron chi connectivity index (χ3n) is 4.00. The summed E-state index contributed by atoms with van der Waals surface area (Å²) in [6, 6.07) is 12.0. The summed E-state index contributed by atoms with van der Waals surface area (Å²) < 4.78 is 43.7.